The molecule has 1 aliphatic rings. The van der Waals surface area contributed by atoms with Gasteiger partial charge in [0, 0.05) is 38.3 Å². The zero-order valence-corrected chi connectivity index (χ0v) is 16.2. The van der Waals surface area contributed by atoms with Crippen molar-refractivity contribution in [3.05, 3.63) is 35.5 Å². The molecule has 2 rings (SSSR count). The number of hydrogen-bond acceptors (Lipinski definition) is 8. The average Bonchev–Trinajstić information content (AvgIpc) is 2.50. The number of hydrogen-bond donors (Lipinski definition) is 3. The molecule has 9 nitrogen and oxygen atoms in total. The molecule has 3 N–H and O–H groups in total. The fourth-order valence-electron chi connectivity index (χ4n) is 2.28. The first-order chi connectivity index (χ1) is 12.4. The first-order valence-corrected chi connectivity index (χ1v) is 9.60. The maximum atomic E-state index is 11.9. The summed E-state index contributed by atoms with van der Waals surface area (Å²) in [7, 11) is -4.47. The predicted octanol–water partition coefficient (Wildman–Crippen LogP) is 1.56. The molecule has 1 aromatic rings. The van der Waals surface area contributed by atoms with Gasteiger partial charge >= 0.3 is 11.9 Å². The number of carbonyl (C=O) groups excluding carboxylic acids is 2. The first kappa shape index (κ1) is 20.9. The SMILES string of the molecule is CC(C)NCc1ccc(NC=C2C(=O)OC(C)(C)OC2=O)cc1S(=O)(=O)O. The normalized spacial score (nSPS) is 16.7. The van der Waals surface area contributed by atoms with Gasteiger partial charge in [0.15, 0.2) is 5.57 Å². The topological polar surface area (TPSA) is 131 Å². The Morgan fingerprint density at radius 1 is 1.19 bits per heavy atom. The standard InChI is InChI=1S/C17H22N2O7S/c1-10(2)18-8-11-5-6-12(7-14(11)27(22,23)24)19-9-13-15(20)25-17(3,4)26-16(13)21/h5-7,9-10,18-19H,8H2,1-4H3,(H,22,23,24). The van der Waals surface area contributed by atoms with Crippen LogP contribution in [0.5, 0.6) is 0 Å². The number of carbonyl (C=O) groups is 2. The fraction of sp³-hybridized carbons (Fsp3) is 0.412. The Hall–Kier alpha value is -2.43. The van der Waals surface area contributed by atoms with Crippen LogP contribution in [0.2, 0.25) is 0 Å². The van der Waals surface area contributed by atoms with Gasteiger partial charge in [-0.3, -0.25) is 4.55 Å². The van der Waals surface area contributed by atoms with E-state index in [1.165, 1.54) is 26.0 Å². The number of benzene rings is 1. The highest BCUT2D eigenvalue weighted by molar-refractivity contribution is 7.85. The fourth-order valence-corrected chi connectivity index (χ4v) is 3.03. The molecule has 1 saturated heterocycles. The summed E-state index contributed by atoms with van der Waals surface area (Å²) in [6.45, 7) is 6.89. The van der Waals surface area contributed by atoms with Gasteiger partial charge in [-0.15, -0.1) is 0 Å². The van der Waals surface area contributed by atoms with Crippen LogP contribution < -0.4 is 10.6 Å². The van der Waals surface area contributed by atoms with Crippen LogP contribution in [-0.2, 0) is 35.7 Å². The molecule has 148 valence electrons. The molecular weight excluding hydrogens is 376 g/mol. The van der Waals surface area contributed by atoms with Crippen molar-refractivity contribution < 1.29 is 32.0 Å². The molecular formula is C17H22N2O7S. The summed E-state index contributed by atoms with van der Waals surface area (Å²) in [6.07, 6.45) is 1.06. The average molecular weight is 398 g/mol. The lowest BCUT2D eigenvalue weighted by atomic mass is 10.2. The maximum absolute atomic E-state index is 11.9. The van der Waals surface area contributed by atoms with Gasteiger partial charge in [0.2, 0.25) is 0 Å². The van der Waals surface area contributed by atoms with Crippen LogP contribution in [0.1, 0.15) is 33.3 Å². The van der Waals surface area contributed by atoms with E-state index in [-0.39, 0.29) is 28.7 Å². The highest BCUT2D eigenvalue weighted by Crippen LogP contribution is 2.24. The van der Waals surface area contributed by atoms with E-state index in [0.717, 1.165) is 6.20 Å². The van der Waals surface area contributed by atoms with Gasteiger partial charge in [-0.2, -0.15) is 8.42 Å². The first-order valence-electron chi connectivity index (χ1n) is 8.16. The van der Waals surface area contributed by atoms with Gasteiger partial charge in [-0.1, -0.05) is 19.9 Å². The summed E-state index contributed by atoms with van der Waals surface area (Å²) in [5.41, 5.74) is 0.254. The van der Waals surface area contributed by atoms with E-state index in [0.29, 0.717) is 5.56 Å². The molecule has 0 aromatic heterocycles. The maximum Gasteiger partial charge on any atom is 0.350 e. The minimum absolute atomic E-state index is 0.120. The van der Waals surface area contributed by atoms with Crippen LogP contribution >= 0.6 is 0 Å². The second kappa shape index (κ2) is 7.67. The van der Waals surface area contributed by atoms with Crippen LogP contribution in [0, 0.1) is 0 Å². The minimum Gasteiger partial charge on any atom is -0.419 e. The van der Waals surface area contributed by atoms with Crippen molar-refractivity contribution in [2.75, 3.05) is 5.32 Å². The van der Waals surface area contributed by atoms with Crippen molar-refractivity contribution in [2.45, 2.75) is 51.0 Å². The van der Waals surface area contributed by atoms with E-state index in [1.807, 2.05) is 13.8 Å². The lowest BCUT2D eigenvalue weighted by Gasteiger charge is -2.29. The molecule has 0 amide bonds. The third kappa shape index (κ3) is 5.52. The summed E-state index contributed by atoms with van der Waals surface area (Å²) < 4.78 is 42.7. The quantitative estimate of drug-likeness (QED) is 0.283. The van der Waals surface area contributed by atoms with Crippen LogP contribution in [0.3, 0.4) is 0 Å². The van der Waals surface area contributed by atoms with Crippen molar-refractivity contribution in [1.29, 1.82) is 0 Å². The molecule has 1 aliphatic heterocycles. The van der Waals surface area contributed by atoms with Gasteiger partial charge < -0.3 is 20.1 Å². The van der Waals surface area contributed by atoms with Crippen molar-refractivity contribution in [2.24, 2.45) is 0 Å². The van der Waals surface area contributed by atoms with E-state index < -0.39 is 27.8 Å². The summed E-state index contributed by atoms with van der Waals surface area (Å²) in [5, 5.41) is 5.71. The predicted molar refractivity (Wildman–Crippen MR) is 96.2 cm³/mol. The highest BCUT2D eigenvalue weighted by atomic mass is 32.2. The van der Waals surface area contributed by atoms with Gasteiger partial charge in [0.1, 0.15) is 4.90 Å². The largest absolute Gasteiger partial charge is 0.419 e. The molecule has 0 saturated carbocycles. The van der Waals surface area contributed by atoms with Crippen LogP contribution in [-0.4, -0.2) is 36.7 Å². The zero-order chi connectivity index (χ0) is 20.4. The van der Waals surface area contributed by atoms with Crippen LogP contribution in [0.15, 0.2) is 34.9 Å². The molecule has 1 aromatic carbocycles. The molecule has 0 bridgehead atoms. The number of nitrogens with one attached hydrogen (secondary N) is 2. The van der Waals surface area contributed by atoms with E-state index in [4.69, 9.17) is 9.47 Å². The van der Waals surface area contributed by atoms with E-state index >= 15 is 0 Å². The molecule has 27 heavy (non-hydrogen) atoms. The molecule has 0 atom stereocenters. The van der Waals surface area contributed by atoms with Gasteiger partial charge in [-0.25, -0.2) is 9.59 Å². The number of cyclic esters (lactones) is 2. The molecule has 1 heterocycles. The summed E-state index contributed by atoms with van der Waals surface area (Å²) in [6, 6.07) is 4.38. The molecule has 0 radical (unpaired) electrons. The van der Waals surface area contributed by atoms with Gasteiger partial charge in [0.25, 0.3) is 15.9 Å². The molecule has 0 unspecified atom stereocenters. The zero-order valence-electron chi connectivity index (χ0n) is 15.4. The monoisotopic (exact) mass is 398 g/mol. The third-order valence-electron chi connectivity index (χ3n) is 3.55. The number of esters is 2. The van der Waals surface area contributed by atoms with Crippen LogP contribution in [0.25, 0.3) is 0 Å². The number of anilines is 1. The molecule has 10 heteroatoms. The Labute approximate surface area is 157 Å². The lowest BCUT2D eigenvalue weighted by Crippen LogP contribution is -2.42. The Morgan fingerprint density at radius 3 is 2.30 bits per heavy atom. The van der Waals surface area contributed by atoms with E-state index in [9.17, 15) is 22.6 Å². The van der Waals surface area contributed by atoms with E-state index in [2.05, 4.69) is 10.6 Å². The van der Waals surface area contributed by atoms with E-state index in [1.54, 1.807) is 6.07 Å². The molecule has 1 fully saturated rings. The Balaban J connectivity index is 2.27. The summed E-state index contributed by atoms with van der Waals surface area (Å²) >= 11 is 0. The van der Waals surface area contributed by atoms with Crippen molar-refractivity contribution in [1.82, 2.24) is 5.32 Å². The minimum atomic E-state index is -4.47. The Bertz CT molecular complexity index is 867. The van der Waals surface area contributed by atoms with Crippen molar-refractivity contribution in [3.8, 4) is 0 Å². The molecule has 0 aliphatic carbocycles. The summed E-state index contributed by atoms with van der Waals surface area (Å²) in [5.74, 6) is -3.08. The second-order valence-electron chi connectivity index (χ2n) is 6.71. The van der Waals surface area contributed by atoms with Crippen molar-refractivity contribution >= 4 is 27.7 Å². The number of rotatable bonds is 6. The van der Waals surface area contributed by atoms with Gasteiger partial charge in [-0.05, 0) is 17.7 Å². The van der Waals surface area contributed by atoms with Crippen molar-refractivity contribution in [3.63, 3.8) is 0 Å². The third-order valence-corrected chi connectivity index (χ3v) is 4.48. The Kier molecular flexibility index (Phi) is 5.93. The van der Waals surface area contributed by atoms with Crippen LogP contribution in [0.4, 0.5) is 5.69 Å². The summed E-state index contributed by atoms with van der Waals surface area (Å²) in [4.78, 5) is 23.5. The molecule has 0 spiro atoms. The Morgan fingerprint density at radius 2 is 1.78 bits per heavy atom. The lowest BCUT2D eigenvalue weighted by molar-refractivity contribution is -0.222. The number of ether oxygens (including phenoxy) is 2. The van der Waals surface area contributed by atoms with Gasteiger partial charge in [0.05, 0.1) is 0 Å². The second-order valence-corrected chi connectivity index (χ2v) is 8.10. The highest BCUT2D eigenvalue weighted by Gasteiger charge is 2.38. The smallest absolute Gasteiger partial charge is 0.350 e.